The van der Waals surface area contributed by atoms with Gasteiger partial charge in [-0.15, -0.1) is 0 Å². The number of hydrogen-bond acceptors (Lipinski definition) is 13. The van der Waals surface area contributed by atoms with E-state index in [9.17, 15) is 24.0 Å². The summed E-state index contributed by atoms with van der Waals surface area (Å²) in [5, 5.41) is 26.8. The molecule has 0 radical (unpaired) electrons. The molecular formula is C84H114Cl2N2O13Si4. The van der Waals surface area contributed by atoms with Gasteiger partial charge in [-0.05, 0) is 155 Å². The fourth-order valence-electron chi connectivity index (χ4n) is 12.2. The Hall–Kier alpha value is -7.41. The molecule has 105 heavy (non-hydrogen) atoms. The number of aryl methyl sites for hydroxylation is 4. The Morgan fingerprint density at radius 1 is 0.457 bits per heavy atom. The number of ether oxygens (including phenoxy) is 2. The van der Waals surface area contributed by atoms with Gasteiger partial charge in [0, 0.05) is 52.2 Å². The number of aliphatic carboxylic acids is 2. The number of allylic oxidation sites excluding steroid dienone is 6. The topological polar surface area (TPSA) is 220 Å². The third-order valence-corrected chi connectivity index (χ3v) is 31.9. The normalized spacial score (nSPS) is 12.5. The van der Waals surface area contributed by atoms with Gasteiger partial charge in [0.1, 0.15) is 0 Å². The summed E-state index contributed by atoms with van der Waals surface area (Å²) < 4.78 is 25.3. The Morgan fingerprint density at radius 2 is 0.790 bits per heavy atom. The van der Waals surface area contributed by atoms with Gasteiger partial charge in [0.25, 0.3) is 16.6 Å². The van der Waals surface area contributed by atoms with Crippen molar-refractivity contribution in [3.8, 4) is 0 Å². The molecule has 21 heteroatoms. The van der Waals surface area contributed by atoms with Crippen molar-refractivity contribution in [2.24, 2.45) is 11.1 Å². The van der Waals surface area contributed by atoms with Crippen molar-refractivity contribution in [3.63, 3.8) is 0 Å². The molecular weight excluding hydrogens is 1430 g/mol. The Balaban J connectivity index is 0.000000413. The number of carbonyl (C=O) groups excluding carboxylic acids is 3. The number of nitrogens with zero attached hydrogens (tertiary/aromatic N) is 1. The smallest absolute Gasteiger partial charge is 0.344 e. The molecule has 6 aromatic rings. The first-order valence-corrected chi connectivity index (χ1v) is 48.0. The average Bonchev–Trinajstić information content (AvgIpc) is 0.751. The fourth-order valence-corrected chi connectivity index (χ4v) is 23.2. The van der Waals surface area contributed by atoms with Crippen LogP contribution in [0.2, 0.25) is 71.5 Å². The molecule has 0 aromatic heterocycles. The molecule has 0 fully saturated rings. The second kappa shape index (κ2) is 44.0. The predicted octanol–water partition coefficient (Wildman–Crippen LogP) is 17.7. The zero-order valence-electron chi connectivity index (χ0n) is 64.8. The highest BCUT2D eigenvalue weighted by atomic mass is 35.5. The van der Waals surface area contributed by atoms with Gasteiger partial charge < -0.3 is 33.4 Å². The standard InChI is InChI=1S/C42H56ClNO6Si2.C40H53ClO4Si2.C2H5NO3/c1-32-29-33(2)40(43)37(39(32)41(47)48-27-28-51(6,7)8)30-34(44-49-31-38(45)46)21-15-11-9-10-12-20-26-50-52(42(3,4)5,35-22-16-13-17-23-35)36-24-18-14-19-25-36;1-31-29-32(2)38(41)36(37(31)39(43)44-27-28-46(6,7)8)30-33(42)21-15-11-9-10-12-20-26-45-47(40(3,4)5,34-22-16-13-17-23-34)35-24-18-14-19-25-35;3-6-1-2(4)5/h10,12-19,21-25,29H,9,11,20,26-28,30-31H2,1-8H3,(H,45,46);10,12-19,21-25,29H,9,11,20,26-28,30H2,1-8H3;1,3H2,(H,4,5)/b12-10+,21-15+,44-34?;12-10+,21-15+;. The number of carbonyl (C=O) groups is 5. The first-order chi connectivity index (χ1) is 49.5. The lowest BCUT2D eigenvalue weighted by Gasteiger charge is -2.43. The largest absolute Gasteiger partial charge is 0.479 e. The van der Waals surface area contributed by atoms with Crippen molar-refractivity contribution in [2.75, 3.05) is 39.6 Å². The average molecular weight is 1540 g/mol. The summed E-state index contributed by atoms with van der Waals surface area (Å²) in [5.74, 6) is 1.24. The van der Waals surface area contributed by atoms with E-state index in [4.69, 9.17) is 56.6 Å². The van der Waals surface area contributed by atoms with Crippen LogP contribution in [0.25, 0.3) is 0 Å². The molecule has 0 atom stereocenters. The summed E-state index contributed by atoms with van der Waals surface area (Å²) in [7, 11) is -7.85. The lowest BCUT2D eigenvalue weighted by atomic mass is 9.94. The maximum absolute atomic E-state index is 13.3. The van der Waals surface area contributed by atoms with Crippen LogP contribution in [0.3, 0.4) is 0 Å². The summed E-state index contributed by atoms with van der Waals surface area (Å²) in [6.45, 7) is 35.6. The lowest BCUT2D eigenvalue weighted by molar-refractivity contribution is -0.143. The zero-order chi connectivity index (χ0) is 78.0. The molecule has 6 aromatic carbocycles. The maximum atomic E-state index is 13.3. The van der Waals surface area contributed by atoms with E-state index in [1.807, 2.05) is 64.1 Å². The van der Waals surface area contributed by atoms with E-state index >= 15 is 0 Å². The summed E-state index contributed by atoms with van der Waals surface area (Å²) in [6, 6.07) is 48.2. The zero-order valence-corrected chi connectivity index (χ0v) is 70.3. The minimum Gasteiger partial charge on any atom is -0.479 e. The molecule has 0 bridgehead atoms. The second-order valence-electron chi connectivity index (χ2n) is 30.5. The number of oxime groups is 1. The fraction of sp³-hybridized carbons (Fsp3) is 0.405. The first kappa shape index (κ1) is 90.0. The number of unbranched alkanes of at least 4 members (excludes halogenated alkanes) is 2. The Labute approximate surface area is 639 Å². The van der Waals surface area contributed by atoms with Crippen LogP contribution in [-0.2, 0) is 55.2 Å². The molecule has 0 aliphatic heterocycles. The van der Waals surface area contributed by atoms with Gasteiger partial charge in [0.2, 0.25) is 6.61 Å². The number of carboxylic acids is 2. The highest BCUT2D eigenvalue weighted by Crippen LogP contribution is 2.39. The number of hydrogen-bond donors (Lipinski definition) is 3. The van der Waals surface area contributed by atoms with Crippen LogP contribution in [0.1, 0.15) is 134 Å². The molecule has 0 saturated heterocycles. The van der Waals surface area contributed by atoms with Gasteiger partial charge in [-0.25, -0.2) is 25.1 Å². The number of carboxylic acid groups (broad SMARTS) is 2. The molecule has 0 spiro atoms. The lowest BCUT2D eigenvalue weighted by Crippen LogP contribution is -2.66. The van der Waals surface area contributed by atoms with Gasteiger partial charge in [-0.3, -0.25) is 9.63 Å². The van der Waals surface area contributed by atoms with Crippen LogP contribution < -0.4 is 26.6 Å². The van der Waals surface area contributed by atoms with Gasteiger partial charge in [-0.1, -0.05) is 279 Å². The predicted molar refractivity (Wildman–Crippen MR) is 441 cm³/mol. The van der Waals surface area contributed by atoms with Gasteiger partial charge in [-0.2, -0.15) is 0 Å². The Kier molecular flexibility index (Phi) is 37.7. The molecule has 0 amide bonds. The number of benzene rings is 6. The molecule has 0 heterocycles. The van der Waals surface area contributed by atoms with Gasteiger partial charge in [0.15, 0.2) is 12.4 Å². The third-order valence-electron chi connectivity index (χ3n) is 17.3. The van der Waals surface area contributed by atoms with Crippen molar-refractivity contribution in [2.45, 2.75) is 182 Å². The van der Waals surface area contributed by atoms with E-state index in [0.29, 0.717) is 64.4 Å². The summed E-state index contributed by atoms with van der Waals surface area (Å²) in [6.07, 6.45) is 20.8. The van der Waals surface area contributed by atoms with E-state index in [0.717, 1.165) is 72.9 Å². The van der Waals surface area contributed by atoms with E-state index in [-0.39, 0.29) is 28.7 Å². The van der Waals surface area contributed by atoms with Gasteiger partial charge in [0.05, 0.1) is 30.1 Å². The summed E-state index contributed by atoms with van der Waals surface area (Å²) in [5.41, 5.74) is 5.62. The first-order valence-electron chi connectivity index (χ1n) is 36.0. The second-order valence-corrected chi connectivity index (χ2v) is 51.1. The van der Waals surface area contributed by atoms with Gasteiger partial charge >= 0.3 is 23.9 Å². The summed E-state index contributed by atoms with van der Waals surface area (Å²) >= 11 is 13.4. The molecule has 0 unspecified atom stereocenters. The Bertz CT molecular complexity index is 3820. The van der Waals surface area contributed by atoms with Crippen LogP contribution in [-0.4, -0.2) is 118 Å². The van der Waals surface area contributed by atoms with E-state index in [2.05, 4.69) is 230 Å². The van der Waals surface area contributed by atoms with Crippen LogP contribution in [0, 0.1) is 27.7 Å². The van der Waals surface area contributed by atoms with Crippen molar-refractivity contribution < 1.29 is 62.2 Å². The Morgan fingerprint density at radius 3 is 1.11 bits per heavy atom. The summed E-state index contributed by atoms with van der Waals surface area (Å²) in [4.78, 5) is 68.7. The maximum Gasteiger partial charge on any atom is 0.344 e. The van der Waals surface area contributed by atoms with E-state index in [1.54, 1.807) is 12.2 Å². The molecule has 4 N–H and O–H groups in total. The van der Waals surface area contributed by atoms with Crippen molar-refractivity contribution >= 4 is 112 Å². The van der Waals surface area contributed by atoms with Crippen LogP contribution >= 0.6 is 23.2 Å². The molecule has 568 valence electrons. The van der Waals surface area contributed by atoms with Crippen molar-refractivity contribution in [1.29, 1.82) is 0 Å². The molecule has 6 rings (SSSR count). The quantitative estimate of drug-likeness (QED) is 0.00628. The number of nitrogens with two attached hydrogens (primary N) is 1. The van der Waals surface area contributed by atoms with Crippen LogP contribution in [0.15, 0.2) is 187 Å². The molecule has 0 aliphatic rings. The van der Waals surface area contributed by atoms with E-state index in [1.165, 1.54) is 20.7 Å². The number of esters is 2. The minimum atomic E-state index is -2.57. The van der Waals surface area contributed by atoms with Crippen LogP contribution in [0.5, 0.6) is 0 Å². The number of ketones is 1. The highest BCUT2D eigenvalue weighted by molar-refractivity contribution is 7.00. The molecule has 0 saturated carbocycles. The number of rotatable bonds is 37. The molecule has 0 aliphatic carbocycles. The molecule has 15 nitrogen and oxygen atoms in total. The minimum absolute atomic E-state index is 0.0488. The van der Waals surface area contributed by atoms with E-state index < -0.39 is 69.9 Å². The van der Waals surface area contributed by atoms with Crippen LogP contribution in [0.4, 0.5) is 0 Å². The monoisotopic (exact) mass is 1540 g/mol. The highest BCUT2D eigenvalue weighted by Gasteiger charge is 2.51. The van der Waals surface area contributed by atoms with Crippen molar-refractivity contribution in [3.05, 3.63) is 237 Å². The van der Waals surface area contributed by atoms with Crippen molar-refractivity contribution in [1.82, 2.24) is 0 Å². The third kappa shape index (κ3) is 29.4. The number of halogens is 2. The SMILES string of the molecule is Cc1cc(C)c(C(=O)OCC[Si](C)(C)C)c(CC(/C=C/CC/C=C/CCO[Si](c2ccccc2)(c2ccccc2)C(C)(C)C)=NOCC(=O)O)c1Cl.Cc1cc(C)c(C(=O)OCC[Si](C)(C)C)c(CC(=O)/C=C/CC/C=C/CCO[Si](c2ccccc2)(c2ccccc2)C(C)(C)C)c1Cl.NOCC(=O)O.